The first kappa shape index (κ1) is 22.0. The number of allylic oxidation sites excluding steroid dienone is 5. The summed E-state index contributed by atoms with van der Waals surface area (Å²) >= 11 is 0. The monoisotopic (exact) mass is 410 g/mol. The highest BCUT2D eigenvalue weighted by molar-refractivity contribution is 5.69. The zero-order valence-corrected chi connectivity index (χ0v) is 12.1. The second kappa shape index (κ2) is 6.30. The number of aliphatic hydroxyl groups is 1. The van der Waals surface area contributed by atoms with Gasteiger partial charge in [0, 0.05) is 0 Å². The Labute approximate surface area is 136 Å². The first-order valence-corrected chi connectivity index (χ1v) is 6.19. The first-order valence-electron chi connectivity index (χ1n) is 6.19. The third kappa shape index (κ3) is 4.03. The Morgan fingerprint density at radius 2 is 0.923 bits per heavy atom. The third-order valence-electron chi connectivity index (χ3n) is 2.88. The van der Waals surface area contributed by atoms with Crippen LogP contribution in [0.3, 0.4) is 0 Å². The van der Waals surface area contributed by atoms with Crippen LogP contribution in [0.25, 0.3) is 0 Å². The molecule has 0 aromatic rings. The van der Waals surface area contributed by atoms with Crippen molar-refractivity contribution in [3.8, 4) is 0 Å². The van der Waals surface area contributed by atoms with Crippen molar-refractivity contribution in [2.75, 3.05) is 6.61 Å². The van der Waals surface area contributed by atoms with Crippen molar-refractivity contribution in [3.63, 3.8) is 0 Å². The van der Waals surface area contributed by atoms with Gasteiger partial charge in [0.25, 0.3) is 5.95 Å². The lowest BCUT2D eigenvalue weighted by molar-refractivity contribution is -0.130. The molecule has 26 heavy (non-hydrogen) atoms. The molecule has 0 fully saturated rings. The standard InChI is InChI=1S/C12H6F12O2/c1-2-26-8(25)3-4(9(13,14)15)6(11(19,20)21)7(12(22,23)24)5(3)10(16,17)18/h25H,2H2,1H3. The van der Waals surface area contributed by atoms with Crippen LogP contribution in [0, 0.1) is 0 Å². The molecule has 0 saturated heterocycles. The van der Waals surface area contributed by atoms with Gasteiger partial charge in [-0.3, -0.25) is 0 Å². The summed E-state index contributed by atoms with van der Waals surface area (Å²) in [5.74, 6) is -2.37. The molecule has 0 heterocycles. The normalized spacial score (nSPS) is 17.3. The number of hydrogen-bond donors (Lipinski definition) is 1. The molecule has 0 aliphatic heterocycles. The maximum Gasteiger partial charge on any atom is 0.417 e. The third-order valence-corrected chi connectivity index (χ3v) is 2.88. The quantitative estimate of drug-likeness (QED) is 0.471. The number of halogens is 12. The van der Waals surface area contributed by atoms with E-state index in [0.717, 1.165) is 6.92 Å². The van der Waals surface area contributed by atoms with E-state index in [-0.39, 0.29) is 0 Å². The van der Waals surface area contributed by atoms with Gasteiger partial charge < -0.3 is 9.84 Å². The van der Waals surface area contributed by atoms with E-state index in [4.69, 9.17) is 0 Å². The fourth-order valence-corrected chi connectivity index (χ4v) is 2.18. The predicted molar refractivity (Wildman–Crippen MR) is 59.6 cm³/mol. The molecule has 150 valence electrons. The summed E-state index contributed by atoms with van der Waals surface area (Å²) in [4.78, 5) is 0. The molecule has 0 radical (unpaired) electrons. The number of rotatable bonds is 2. The summed E-state index contributed by atoms with van der Waals surface area (Å²) in [5, 5.41) is 9.24. The SMILES string of the molecule is CCOC(O)=C1C(C(F)(F)F)=C(C(F)(F)F)C(C(F)(F)F)=C1C(F)(F)F. The van der Waals surface area contributed by atoms with Crippen LogP contribution in [-0.2, 0) is 4.74 Å². The molecule has 1 aliphatic carbocycles. The molecule has 0 atom stereocenters. The second-order valence-electron chi connectivity index (χ2n) is 4.60. The van der Waals surface area contributed by atoms with Gasteiger partial charge in [-0.1, -0.05) is 0 Å². The molecule has 0 spiro atoms. The first-order chi connectivity index (χ1) is 11.3. The molecule has 0 unspecified atom stereocenters. The van der Waals surface area contributed by atoms with Gasteiger partial charge in [-0.15, -0.1) is 0 Å². The van der Waals surface area contributed by atoms with Crippen molar-refractivity contribution in [2.24, 2.45) is 0 Å². The van der Waals surface area contributed by atoms with Gasteiger partial charge in [0.15, 0.2) is 0 Å². The maximum absolute atomic E-state index is 13.0. The van der Waals surface area contributed by atoms with Gasteiger partial charge in [0.05, 0.1) is 34.5 Å². The Bertz CT molecular complexity index is 616. The van der Waals surface area contributed by atoms with E-state index < -0.39 is 65.1 Å². The van der Waals surface area contributed by atoms with Crippen LogP contribution in [0.1, 0.15) is 6.92 Å². The lowest BCUT2D eigenvalue weighted by Gasteiger charge is -2.18. The zero-order chi connectivity index (χ0) is 20.9. The van der Waals surface area contributed by atoms with Crippen molar-refractivity contribution in [1.82, 2.24) is 0 Å². The summed E-state index contributed by atoms with van der Waals surface area (Å²) in [6, 6.07) is 0. The van der Waals surface area contributed by atoms with Gasteiger partial charge in [0.2, 0.25) is 0 Å². The molecule has 0 aromatic carbocycles. The molecule has 0 aromatic heterocycles. The van der Waals surface area contributed by atoms with Crippen molar-refractivity contribution >= 4 is 0 Å². The topological polar surface area (TPSA) is 29.5 Å². The molecule has 0 bridgehead atoms. The van der Waals surface area contributed by atoms with Crippen molar-refractivity contribution in [2.45, 2.75) is 31.6 Å². The fourth-order valence-electron chi connectivity index (χ4n) is 2.18. The average Bonchev–Trinajstić information content (AvgIpc) is 2.73. The van der Waals surface area contributed by atoms with Gasteiger partial charge in [-0.2, -0.15) is 52.7 Å². The van der Waals surface area contributed by atoms with Crippen LogP contribution in [0.5, 0.6) is 0 Å². The van der Waals surface area contributed by atoms with Crippen LogP contribution in [0.2, 0.25) is 0 Å². The average molecular weight is 410 g/mol. The van der Waals surface area contributed by atoms with Crippen LogP contribution in [0.15, 0.2) is 33.8 Å². The molecule has 1 N–H and O–H groups in total. The van der Waals surface area contributed by atoms with Gasteiger partial charge >= 0.3 is 24.7 Å². The molecule has 2 nitrogen and oxygen atoms in total. The molecule has 14 heteroatoms. The Balaban J connectivity index is 4.23. The van der Waals surface area contributed by atoms with Gasteiger partial charge in [-0.25, -0.2) is 0 Å². The fraction of sp³-hybridized carbons (Fsp3) is 0.500. The summed E-state index contributed by atoms with van der Waals surface area (Å²) in [6.07, 6.45) is -25.6. The highest BCUT2D eigenvalue weighted by Crippen LogP contribution is 2.58. The minimum atomic E-state index is -6.47. The molecule has 1 aliphatic rings. The van der Waals surface area contributed by atoms with E-state index >= 15 is 0 Å². The Morgan fingerprint density at radius 3 is 1.12 bits per heavy atom. The highest BCUT2D eigenvalue weighted by atomic mass is 19.4. The van der Waals surface area contributed by atoms with Crippen molar-refractivity contribution in [1.29, 1.82) is 0 Å². The van der Waals surface area contributed by atoms with E-state index in [1.165, 1.54) is 0 Å². The number of aliphatic hydroxyl groups excluding tert-OH is 1. The summed E-state index contributed by atoms with van der Waals surface area (Å²) < 4.78 is 159. The molecular weight excluding hydrogens is 404 g/mol. The molecule has 0 saturated carbocycles. The second-order valence-corrected chi connectivity index (χ2v) is 4.60. The van der Waals surface area contributed by atoms with Crippen LogP contribution in [0.4, 0.5) is 52.7 Å². The molecule has 0 amide bonds. The smallest absolute Gasteiger partial charge is 0.417 e. The lowest BCUT2D eigenvalue weighted by Crippen LogP contribution is -2.27. The van der Waals surface area contributed by atoms with E-state index in [0.29, 0.717) is 0 Å². The van der Waals surface area contributed by atoms with Crippen molar-refractivity contribution < 1.29 is 62.5 Å². The Kier molecular flexibility index (Phi) is 5.34. The highest BCUT2D eigenvalue weighted by Gasteiger charge is 2.64. The minimum Gasteiger partial charge on any atom is -0.481 e. The van der Waals surface area contributed by atoms with Crippen LogP contribution >= 0.6 is 0 Å². The summed E-state index contributed by atoms with van der Waals surface area (Å²) in [6.45, 7) is 0.0728. The van der Waals surface area contributed by atoms with E-state index in [9.17, 15) is 57.8 Å². The van der Waals surface area contributed by atoms with Crippen LogP contribution in [-0.4, -0.2) is 36.4 Å². The molecule has 1 rings (SSSR count). The molecular formula is C12H6F12O2. The number of hydrogen-bond acceptors (Lipinski definition) is 2. The van der Waals surface area contributed by atoms with E-state index in [2.05, 4.69) is 4.74 Å². The van der Waals surface area contributed by atoms with Crippen LogP contribution < -0.4 is 0 Å². The zero-order valence-electron chi connectivity index (χ0n) is 12.1. The predicted octanol–water partition coefficient (Wildman–Crippen LogP) is 5.65. The largest absolute Gasteiger partial charge is 0.481 e. The Morgan fingerprint density at radius 1 is 0.654 bits per heavy atom. The Hall–Kier alpha value is -2.02. The van der Waals surface area contributed by atoms with Gasteiger partial charge in [-0.05, 0) is 6.92 Å². The van der Waals surface area contributed by atoms with E-state index in [1.807, 2.05) is 0 Å². The van der Waals surface area contributed by atoms with E-state index in [1.54, 1.807) is 0 Å². The summed E-state index contributed by atoms with van der Waals surface area (Å²) in [5.41, 5.74) is -16.7. The van der Waals surface area contributed by atoms with Crippen molar-refractivity contribution in [3.05, 3.63) is 33.8 Å². The lowest BCUT2D eigenvalue weighted by atomic mass is 10.0. The number of alkyl halides is 12. The number of ether oxygens (including phenoxy) is 1. The maximum atomic E-state index is 13.0. The minimum absolute atomic E-state index is 0.839. The summed E-state index contributed by atoms with van der Waals surface area (Å²) in [7, 11) is 0. The van der Waals surface area contributed by atoms with Gasteiger partial charge in [0.1, 0.15) is 0 Å².